The van der Waals surface area contributed by atoms with Crippen molar-refractivity contribution in [3.63, 3.8) is 0 Å². The van der Waals surface area contributed by atoms with Crippen LogP contribution in [0.1, 0.15) is 10.4 Å². The lowest BCUT2D eigenvalue weighted by atomic mass is 10.1. The van der Waals surface area contributed by atoms with Crippen LogP contribution in [0.5, 0.6) is 0 Å². The zero-order valence-electron chi connectivity index (χ0n) is 8.61. The Labute approximate surface area is 107 Å². The van der Waals surface area contributed by atoms with Crippen LogP contribution in [0.15, 0.2) is 30.5 Å². The van der Waals surface area contributed by atoms with Crippen molar-refractivity contribution in [1.82, 2.24) is 4.98 Å². The van der Waals surface area contributed by atoms with Gasteiger partial charge in [0.2, 0.25) is 0 Å². The minimum absolute atomic E-state index is 0.0873. The Morgan fingerprint density at radius 2 is 2.18 bits per heavy atom. The summed E-state index contributed by atoms with van der Waals surface area (Å²) in [5.41, 5.74) is 2.42. The van der Waals surface area contributed by atoms with E-state index in [4.69, 9.17) is 11.6 Å². The van der Waals surface area contributed by atoms with Crippen LogP contribution >= 0.6 is 22.9 Å². The minimum atomic E-state index is -0.0873. The third-order valence-corrected chi connectivity index (χ3v) is 3.55. The lowest BCUT2D eigenvalue weighted by molar-refractivity contribution is -0.110. The molecule has 0 unspecified atom stereocenters. The molecule has 2 heterocycles. The maximum atomic E-state index is 11.8. The normalized spacial score (nSPS) is 16.1. The van der Waals surface area contributed by atoms with Crippen molar-refractivity contribution in [3.05, 3.63) is 45.4 Å². The highest BCUT2D eigenvalue weighted by molar-refractivity contribution is 7.16. The van der Waals surface area contributed by atoms with E-state index in [9.17, 15) is 4.79 Å². The number of carbonyl (C=O) groups excluding carboxylic acids is 1. The summed E-state index contributed by atoms with van der Waals surface area (Å²) in [6.45, 7) is 0. The monoisotopic (exact) mass is 262 g/mol. The minimum Gasteiger partial charge on any atom is -0.321 e. The smallest absolute Gasteiger partial charge is 0.256 e. The predicted octanol–water partition coefficient (Wildman–Crippen LogP) is 3.29. The fourth-order valence-corrected chi connectivity index (χ4v) is 2.65. The van der Waals surface area contributed by atoms with Gasteiger partial charge in [0, 0.05) is 22.3 Å². The van der Waals surface area contributed by atoms with Gasteiger partial charge in [0.25, 0.3) is 5.91 Å². The molecule has 0 radical (unpaired) electrons. The van der Waals surface area contributed by atoms with Crippen molar-refractivity contribution in [2.75, 3.05) is 5.32 Å². The second-order valence-electron chi connectivity index (χ2n) is 3.57. The van der Waals surface area contributed by atoms with Crippen molar-refractivity contribution >= 4 is 46.2 Å². The number of fused-ring (bicyclic) bond motifs is 1. The standard InChI is InChI=1S/C12H7ClN2OS/c13-12-14-6-7(17-12)5-9-8-3-1-2-4-10(8)15-11(9)16/h1-6H,(H,15,16)/b9-5-. The molecule has 1 aromatic carbocycles. The molecule has 84 valence electrons. The zero-order valence-corrected chi connectivity index (χ0v) is 10.2. The van der Waals surface area contributed by atoms with Crippen molar-refractivity contribution < 1.29 is 4.79 Å². The molecule has 0 aliphatic carbocycles. The number of para-hydroxylation sites is 1. The first-order valence-electron chi connectivity index (χ1n) is 4.98. The summed E-state index contributed by atoms with van der Waals surface area (Å²) in [5.74, 6) is -0.0873. The molecule has 17 heavy (non-hydrogen) atoms. The summed E-state index contributed by atoms with van der Waals surface area (Å²) < 4.78 is 0.476. The van der Waals surface area contributed by atoms with Gasteiger partial charge in [0.05, 0.1) is 5.57 Å². The molecule has 0 spiro atoms. The van der Waals surface area contributed by atoms with Gasteiger partial charge in [-0.05, 0) is 12.1 Å². The summed E-state index contributed by atoms with van der Waals surface area (Å²) in [6, 6.07) is 7.60. The number of benzene rings is 1. The van der Waals surface area contributed by atoms with Gasteiger partial charge >= 0.3 is 0 Å². The van der Waals surface area contributed by atoms with Crippen LogP contribution in [-0.4, -0.2) is 10.9 Å². The number of anilines is 1. The van der Waals surface area contributed by atoms with Gasteiger partial charge in [-0.15, -0.1) is 11.3 Å². The molecule has 0 saturated heterocycles. The SMILES string of the molecule is O=C1Nc2ccccc2/C1=C/c1cnc(Cl)s1. The van der Waals surface area contributed by atoms with E-state index in [1.807, 2.05) is 30.3 Å². The van der Waals surface area contributed by atoms with Gasteiger partial charge in [-0.1, -0.05) is 29.8 Å². The molecule has 1 aliphatic rings. The molecule has 0 fully saturated rings. The van der Waals surface area contributed by atoms with Crippen LogP contribution in [0.4, 0.5) is 5.69 Å². The number of nitrogens with zero attached hydrogens (tertiary/aromatic N) is 1. The summed E-state index contributed by atoms with van der Waals surface area (Å²) in [6.07, 6.45) is 3.47. The Morgan fingerprint density at radius 3 is 2.94 bits per heavy atom. The highest BCUT2D eigenvalue weighted by Crippen LogP contribution is 2.33. The van der Waals surface area contributed by atoms with E-state index in [-0.39, 0.29) is 5.91 Å². The first kappa shape index (κ1) is 10.5. The number of amides is 1. The van der Waals surface area contributed by atoms with Gasteiger partial charge in [-0.3, -0.25) is 4.79 Å². The molecule has 0 saturated carbocycles. The van der Waals surface area contributed by atoms with Crippen LogP contribution in [-0.2, 0) is 4.79 Å². The lowest BCUT2D eigenvalue weighted by Crippen LogP contribution is -2.03. The van der Waals surface area contributed by atoms with Gasteiger partial charge in [-0.25, -0.2) is 4.98 Å². The molecule has 5 heteroatoms. The quantitative estimate of drug-likeness (QED) is 0.802. The summed E-state index contributed by atoms with van der Waals surface area (Å²) >= 11 is 7.11. The summed E-state index contributed by atoms with van der Waals surface area (Å²) in [7, 11) is 0. The van der Waals surface area contributed by atoms with Crippen molar-refractivity contribution in [1.29, 1.82) is 0 Å². The number of thiazole rings is 1. The van der Waals surface area contributed by atoms with Crippen LogP contribution in [0.2, 0.25) is 4.47 Å². The molecule has 0 atom stereocenters. The number of carbonyl (C=O) groups is 1. The summed E-state index contributed by atoms with van der Waals surface area (Å²) in [4.78, 5) is 16.6. The van der Waals surface area contributed by atoms with E-state index in [0.717, 1.165) is 16.1 Å². The number of hydrogen-bond acceptors (Lipinski definition) is 3. The summed E-state index contributed by atoms with van der Waals surface area (Å²) in [5, 5.41) is 2.82. The van der Waals surface area contributed by atoms with Gasteiger partial charge in [0.15, 0.2) is 4.47 Å². The lowest BCUT2D eigenvalue weighted by Gasteiger charge is -1.95. The largest absolute Gasteiger partial charge is 0.321 e. The Bertz CT molecular complexity index is 633. The maximum Gasteiger partial charge on any atom is 0.256 e. The highest BCUT2D eigenvalue weighted by Gasteiger charge is 2.23. The van der Waals surface area contributed by atoms with E-state index in [0.29, 0.717) is 10.0 Å². The van der Waals surface area contributed by atoms with Crippen LogP contribution in [0.25, 0.3) is 11.6 Å². The van der Waals surface area contributed by atoms with Crippen molar-refractivity contribution in [2.45, 2.75) is 0 Å². The molecular formula is C12H7ClN2OS. The first-order valence-corrected chi connectivity index (χ1v) is 6.17. The van der Waals surface area contributed by atoms with Gasteiger partial charge in [-0.2, -0.15) is 0 Å². The average molecular weight is 263 g/mol. The topological polar surface area (TPSA) is 42.0 Å². The second-order valence-corrected chi connectivity index (χ2v) is 5.22. The molecule has 1 aromatic heterocycles. The predicted molar refractivity (Wildman–Crippen MR) is 70.1 cm³/mol. The molecular weight excluding hydrogens is 256 g/mol. The van der Waals surface area contributed by atoms with E-state index in [2.05, 4.69) is 10.3 Å². The van der Waals surface area contributed by atoms with E-state index in [1.54, 1.807) is 6.20 Å². The van der Waals surface area contributed by atoms with Crippen LogP contribution < -0.4 is 5.32 Å². The zero-order chi connectivity index (χ0) is 11.8. The number of hydrogen-bond donors (Lipinski definition) is 1. The Hall–Kier alpha value is -1.65. The molecule has 3 nitrogen and oxygen atoms in total. The van der Waals surface area contributed by atoms with E-state index < -0.39 is 0 Å². The molecule has 3 rings (SSSR count). The number of rotatable bonds is 1. The highest BCUT2D eigenvalue weighted by atomic mass is 35.5. The molecule has 1 aliphatic heterocycles. The first-order chi connectivity index (χ1) is 8.24. The average Bonchev–Trinajstić information content (AvgIpc) is 2.85. The molecule has 0 bridgehead atoms. The second kappa shape index (κ2) is 3.98. The van der Waals surface area contributed by atoms with E-state index >= 15 is 0 Å². The molecule has 1 amide bonds. The number of nitrogens with one attached hydrogen (secondary N) is 1. The van der Waals surface area contributed by atoms with Crippen LogP contribution in [0, 0.1) is 0 Å². The van der Waals surface area contributed by atoms with Gasteiger partial charge < -0.3 is 5.32 Å². The van der Waals surface area contributed by atoms with Crippen LogP contribution in [0.3, 0.4) is 0 Å². The number of aromatic nitrogens is 1. The number of halogens is 1. The Kier molecular flexibility index (Phi) is 2.46. The van der Waals surface area contributed by atoms with Crippen molar-refractivity contribution in [2.24, 2.45) is 0 Å². The van der Waals surface area contributed by atoms with Gasteiger partial charge in [0.1, 0.15) is 0 Å². The fourth-order valence-electron chi connectivity index (χ4n) is 1.76. The molecule has 1 N–H and O–H groups in total. The van der Waals surface area contributed by atoms with E-state index in [1.165, 1.54) is 11.3 Å². The maximum absolute atomic E-state index is 11.8. The molecule has 2 aromatic rings. The Morgan fingerprint density at radius 1 is 1.35 bits per heavy atom. The van der Waals surface area contributed by atoms with Crippen molar-refractivity contribution in [3.8, 4) is 0 Å². The Balaban J connectivity index is 2.09. The fraction of sp³-hybridized carbons (Fsp3) is 0. The third kappa shape index (κ3) is 1.85. The third-order valence-electron chi connectivity index (χ3n) is 2.49.